The highest BCUT2D eigenvalue weighted by molar-refractivity contribution is 6.82. The van der Waals surface area contributed by atoms with Gasteiger partial charge in [0.15, 0.2) is 13.0 Å². The topological polar surface area (TPSA) is 0 Å². The first-order chi connectivity index (χ1) is 3.75. The summed E-state index contributed by atoms with van der Waals surface area (Å²) in [5, 5.41) is 0. The molecule has 0 bridgehead atoms. The van der Waals surface area contributed by atoms with Crippen molar-refractivity contribution in [2.24, 2.45) is 0 Å². The summed E-state index contributed by atoms with van der Waals surface area (Å²) in [6.07, 6.45) is 0. The van der Waals surface area contributed by atoms with Crippen LogP contribution in [0.5, 0.6) is 0 Å². The van der Waals surface area contributed by atoms with Crippen LogP contribution in [0.1, 0.15) is 0 Å². The lowest BCUT2D eigenvalue weighted by Crippen LogP contribution is -1.96. The molecule has 0 radical (unpaired) electrons. The van der Waals surface area contributed by atoms with Crippen LogP contribution in [0, 0.1) is 0 Å². The molecule has 1 aliphatic rings. The minimum absolute atomic E-state index is 1.45. The molecule has 0 aromatic heterocycles. The summed E-state index contributed by atoms with van der Waals surface area (Å²) in [5.74, 6) is 0. The minimum Gasteiger partial charge on any atom is -0.0946 e. The second-order valence-corrected chi connectivity index (χ2v) is 5.71. The molecule has 0 amide bonds. The maximum atomic E-state index is 5.46. The minimum atomic E-state index is -1.45. The van der Waals surface area contributed by atoms with E-state index < -0.39 is 13.0 Å². The summed E-state index contributed by atoms with van der Waals surface area (Å²) < 4.78 is -4.36. The zero-order valence-electron chi connectivity index (χ0n) is 3.77. The second-order valence-electron chi connectivity index (χ2n) is 1.72. The van der Waals surface area contributed by atoms with Crippen molar-refractivity contribution in [3.63, 3.8) is 0 Å². The van der Waals surface area contributed by atoms with Crippen molar-refractivity contribution in [3.8, 4) is 0 Å². The van der Waals surface area contributed by atoms with Gasteiger partial charge in [-0.3, -0.25) is 0 Å². The Labute approximate surface area is 82.3 Å². The van der Waals surface area contributed by atoms with Gasteiger partial charge in [0, 0.05) is 0 Å². The average molecular weight is 249 g/mol. The van der Waals surface area contributed by atoms with E-state index in [1.54, 1.807) is 0 Å². The summed E-state index contributed by atoms with van der Waals surface area (Å²) in [4.78, 5) is 0. The van der Waals surface area contributed by atoms with E-state index in [0.29, 0.717) is 0 Å². The third-order valence-electron chi connectivity index (χ3n) is 1.12. The Morgan fingerprint density at radius 3 is 0.556 bits per heavy atom. The van der Waals surface area contributed by atoms with Gasteiger partial charge >= 0.3 is 0 Å². The van der Waals surface area contributed by atoms with E-state index in [4.69, 9.17) is 69.6 Å². The third-order valence-corrected chi connectivity index (χ3v) is 5.68. The monoisotopic (exact) mass is 246 g/mol. The summed E-state index contributed by atoms with van der Waals surface area (Å²) in [7, 11) is 0. The fourth-order valence-electron chi connectivity index (χ4n) is 0.356. The summed E-state index contributed by atoms with van der Waals surface area (Å²) in [6.45, 7) is 0. The normalized spacial score (nSPS) is 34.0. The van der Waals surface area contributed by atoms with Crippen LogP contribution in [-0.2, 0) is 0 Å². The van der Waals surface area contributed by atoms with Gasteiger partial charge in [-0.05, 0) is 0 Å². The lowest BCUT2D eigenvalue weighted by atomic mass is 10.9. The van der Waals surface area contributed by atoms with E-state index in [0.717, 1.165) is 0 Å². The molecule has 1 saturated carbocycles. The van der Waals surface area contributed by atoms with Crippen molar-refractivity contribution < 1.29 is 0 Å². The Balaban J connectivity index is 2.91. The van der Waals surface area contributed by atoms with Crippen molar-refractivity contribution in [2.45, 2.75) is 13.0 Å². The molecule has 0 aromatic carbocycles. The van der Waals surface area contributed by atoms with Gasteiger partial charge in [-0.15, -0.1) is 0 Å². The fraction of sp³-hybridized carbons (Fsp3) is 1.00. The molecule has 0 atom stereocenters. The third kappa shape index (κ3) is 0.816. The van der Waals surface area contributed by atoms with Crippen LogP contribution in [0.15, 0.2) is 0 Å². The van der Waals surface area contributed by atoms with Gasteiger partial charge in [-0.25, -0.2) is 0 Å². The van der Waals surface area contributed by atoms with E-state index in [2.05, 4.69) is 0 Å². The Morgan fingerprint density at radius 1 is 0.444 bits per heavy atom. The van der Waals surface area contributed by atoms with Gasteiger partial charge in [0.25, 0.3) is 0 Å². The first kappa shape index (κ1) is 8.83. The second kappa shape index (κ2) is 1.91. The van der Waals surface area contributed by atoms with Crippen LogP contribution in [-0.4, -0.2) is 13.0 Å². The van der Waals surface area contributed by atoms with Crippen LogP contribution in [0.4, 0.5) is 0 Å². The predicted molar refractivity (Wildman–Crippen MR) is 43.3 cm³/mol. The van der Waals surface area contributed by atoms with Gasteiger partial charge in [-0.1, -0.05) is 69.6 Å². The maximum absolute atomic E-state index is 5.46. The standard InChI is InChI=1S/C3Cl6/c4-1(5)2(6,7)3(1,8)9. The number of halogens is 6. The lowest BCUT2D eigenvalue weighted by molar-refractivity contribution is 1.29. The highest BCUT2D eigenvalue weighted by Crippen LogP contribution is 2.76. The first-order valence-corrected chi connectivity index (χ1v) is 4.15. The lowest BCUT2D eigenvalue weighted by Gasteiger charge is -1.91. The molecule has 0 N–H and O–H groups in total. The molecular weight excluding hydrogens is 249 g/mol. The molecule has 0 aliphatic heterocycles. The molecule has 0 saturated heterocycles. The van der Waals surface area contributed by atoms with Crippen LogP contribution < -0.4 is 0 Å². The molecule has 0 heterocycles. The Bertz CT molecular complexity index is 106. The van der Waals surface area contributed by atoms with Gasteiger partial charge in [0.2, 0.25) is 0 Å². The van der Waals surface area contributed by atoms with Crippen molar-refractivity contribution in [3.05, 3.63) is 0 Å². The van der Waals surface area contributed by atoms with Crippen molar-refractivity contribution in [1.29, 1.82) is 0 Å². The van der Waals surface area contributed by atoms with Gasteiger partial charge < -0.3 is 0 Å². The summed E-state index contributed by atoms with van der Waals surface area (Å²) in [6, 6.07) is 0. The Kier molecular flexibility index (Phi) is 1.87. The van der Waals surface area contributed by atoms with E-state index in [1.165, 1.54) is 0 Å². The van der Waals surface area contributed by atoms with Gasteiger partial charge in [0.1, 0.15) is 0 Å². The maximum Gasteiger partial charge on any atom is 0.189 e. The molecule has 0 spiro atoms. The number of rotatable bonds is 0. The zero-order valence-corrected chi connectivity index (χ0v) is 8.30. The molecular formula is C3Cl6. The van der Waals surface area contributed by atoms with Crippen molar-refractivity contribution in [1.82, 2.24) is 0 Å². The molecule has 1 rings (SSSR count). The number of alkyl halides is 6. The number of hydrogen-bond acceptors (Lipinski definition) is 0. The van der Waals surface area contributed by atoms with Gasteiger partial charge in [0.05, 0.1) is 0 Å². The molecule has 54 valence electrons. The first-order valence-electron chi connectivity index (χ1n) is 1.88. The van der Waals surface area contributed by atoms with Crippen LogP contribution >= 0.6 is 69.6 Å². The SMILES string of the molecule is ClC1(Cl)C(Cl)(Cl)C1(Cl)Cl. The molecule has 1 fully saturated rings. The van der Waals surface area contributed by atoms with Crippen LogP contribution in [0.3, 0.4) is 0 Å². The number of hydrogen-bond donors (Lipinski definition) is 0. The van der Waals surface area contributed by atoms with E-state index >= 15 is 0 Å². The molecule has 1 aliphatic carbocycles. The van der Waals surface area contributed by atoms with Crippen molar-refractivity contribution in [2.75, 3.05) is 0 Å². The van der Waals surface area contributed by atoms with E-state index in [9.17, 15) is 0 Å². The van der Waals surface area contributed by atoms with Crippen LogP contribution in [0.25, 0.3) is 0 Å². The smallest absolute Gasteiger partial charge is 0.0946 e. The highest BCUT2D eigenvalue weighted by Gasteiger charge is 2.87. The van der Waals surface area contributed by atoms with E-state index in [-0.39, 0.29) is 0 Å². The molecule has 0 unspecified atom stereocenters. The molecule has 6 heteroatoms. The molecule has 0 aromatic rings. The van der Waals surface area contributed by atoms with Gasteiger partial charge in [-0.2, -0.15) is 0 Å². The summed E-state index contributed by atoms with van der Waals surface area (Å²) in [5.41, 5.74) is 0. The quantitative estimate of drug-likeness (QED) is 0.576. The van der Waals surface area contributed by atoms with E-state index in [1.807, 2.05) is 0 Å². The Morgan fingerprint density at radius 2 is 0.556 bits per heavy atom. The highest BCUT2D eigenvalue weighted by atomic mass is 35.6. The average Bonchev–Trinajstić information content (AvgIpc) is 1.84. The summed E-state index contributed by atoms with van der Waals surface area (Å²) >= 11 is 32.8. The predicted octanol–water partition coefficient (Wildman–Crippen LogP) is 3.52. The Hall–Kier alpha value is 1.74. The fourth-order valence-corrected chi connectivity index (χ4v) is 2.35. The van der Waals surface area contributed by atoms with Crippen LogP contribution in [0.2, 0.25) is 0 Å². The van der Waals surface area contributed by atoms with Crippen molar-refractivity contribution >= 4 is 69.6 Å². The molecule has 9 heavy (non-hydrogen) atoms. The zero-order chi connectivity index (χ0) is 7.50. The largest absolute Gasteiger partial charge is 0.189 e. The molecule has 0 nitrogen and oxygen atoms in total.